The smallest absolute Gasteiger partial charge is 0.162 e. The molecule has 2 saturated carbocycles. The average Bonchev–Trinajstić information content (AvgIpc) is 3.62. The summed E-state index contributed by atoms with van der Waals surface area (Å²) in [7, 11) is 0. The molecular weight excluding hydrogens is 635 g/mol. The van der Waals surface area contributed by atoms with Gasteiger partial charge >= 0.3 is 0 Å². The van der Waals surface area contributed by atoms with Crippen molar-refractivity contribution in [1.29, 1.82) is 0 Å². The van der Waals surface area contributed by atoms with Crippen molar-refractivity contribution in [3.63, 3.8) is 0 Å². The summed E-state index contributed by atoms with van der Waals surface area (Å²) in [5, 5.41) is 12.3. The van der Waals surface area contributed by atoms with Crippen LogP contribution >= 0.6 is 0 Å². The van der Waals surface area contributed by atoms with Gasteiger partial charge in [-0.15, -0.1) is 34.9 Å². The second-order valence-electron chi connectivity index (χ2n) is 10.4. The number of benzene rings is 2. The van der Waals surface area contributed by atoms with E-state index in [0.29, 0.717) is 5.76 Å². The summed E-state index contributed by atoms with van der Waals surface area (Å²) in [5.74, 6) is 0.991. The van der Waals surface area contributed by atoms with Crippen LogP contribution in [0.1, 0.15) is 81.0 Å². The van der Waals surface area contributed by atoms with Gasteiger partial charge in [-0.3, -0.25) is 4.79 Å². The summed E-state index contributed by atoms with van der Waals surface area (Å²) < 4.78 is 0. The number of carbonyl (C=O) groups excluding carboxylic acids is 1. The number of allylic oxidation sites excluding steroid dienone is 2. The Labute approximate surface area is 235 Å². The predicted octanol–water partition coefficient (Wildman–Crippen LogP) is 8.81. The molecule has 6 rings (SSSR count). The number of aromatic nitrogens is 1. The fraction of sp³-hybridized carbons (Fsp3) is 0.394. The number of nitrogens with zero attached hydrogens (tertiary/aromatic N) is 1. The van der Waals surface area contributed by atoms with Crippen molar-refractivity contribution >= 4 is 28.7 Å². The summed E-state index contributed by atoms with van der Waals surface area (Å²) in [6, 6.07) is 14.2. The van der Waals surface area contributed by atoms with Gasteiger partial charge in [0.05, 0.1) is 5.76 Å². The molecule has 0 spiro atoms. The van der Waals surface area contributed by atoms with E-state index in [1.54, 1.807) is 0 Å². The van der Waals surface area contributed by atoms with Crippen molar-refractivity contribution in [3.8, 4) is 11.3 Å². The second-order valence-corrected chi connectivity index (χ2v) is 10.4. The van der Waals surface area contributed by atoms with Crippen LogP contribution in [0, 0.1) is 31.7 Å². The first-order chi connectivity index (χ1) is 17.0. The molecule has 1 radical (unpaired) electrons. The van der Waals surface area contributed by atoms with E-state index in [4.69, 9.17) is 0 Å². The maximum atomic E-state index is 11.8. The van der Waals surface area contributed by atoms with Crippen LogP contribution in [-0.2, 0) is 24.9 Å². The van der Waals surface area contributed by atoms with E-state index in [2.05, 4.69) is 67.4 Å². The molecule has 197 valence electrons. The van der Waals surface area contributed by atoms with Gasteiger partial charge in [-0.2, -0.15) is 0 Å². The first-order valence-corrected chi connectivity index (χ1v) is 13.0. The minimum Gasteiger partial charge on any atom is -0.512 e. The Morgan fingerprint density at radius 1 is 0.973 bits per heavy atom. The molecule has 0 atom stereocenters. The van der Waals surface area contributed by atoms with Crippen molar-refractivity contribution in [2.75, 3.05) is 0 Å². The molecule has 0 amide bonds. The summed E-state index contributed by atoms with van der Waals surface area (Å²) in [4.78, 5) is 16.5. The number of rotatable bonds is 4. The maximum Gasteiger partial charge on any atom is 0.162 e. The summed E-state index contributed by atoms with van der Waals surface area (Å²) in [6.07, 6.45) is 16.7. The molecule has 3 aliphatic rings. The molecule has 0 aliphatic heterocycles. The van der Waals surface area contributed by atoms with Crippen LogP contribution in [0.15, 0.2) is 48.4 Å². The van der Waals surface area contributed by atoms with E-state index < -0.39 is 0 Å². The molecule has 2 fully saturated rings. The molecule has 37 heavy (non-hydrogen) atoms. The van der Waals surface area contributed by atoms with E-state index in [1.807, 2.05) is 6.20 Å². The number of pyridine rings is 1. The number of aliphatic hydroxyl groups is 1. The molecule has 0 unspecified atom stereocenters. The predicted molar refractivity (Wildman–Crippen MR) is 151 cm³/mol. The molecule has 4 heteroatoms. The molecule has 2 aromatic carbocycles. The van der Waals surface area contributed by atoms with E-state index in [1.165, 1.54) is 59.2 Å². The summed E-state index contributed by atoms with van der Waals surface area (Å²) in [5.41, 5.74) is 7.01. The minimum atomic E-state index is 0. The van der Waals surface area contributed by atoms with Crippen molar-refractivity contribution in [1.82, 2.24) is 4.98 Å². The van der Waals surface area contributed by atoms with E-state index in [0.717, 1.165) is 42.5 Å². The van der Waals surface area contributed by atoms with Crippen LogP contribution in [0.3, 0.4) is 0 Å². The van der Waals surface area contributed by atoms with Gasteiger partial charge in [0.15, 0.2) is 5.78 Å². The van der Waals surface area contributed by atoms with Gasteiger partial charge < -0.3 is 10.1 Å². The Bertz CT molecular complexity index is 1280. The third kappa shape index (κ3) is 6.48. The van der Waals surface area contributed by atoms with Crippen LogP contribution < -0.4 is 0 Å². The Kier molecular flexibility index (Phi) is 10.0. The number of aliphatic hydroxyl groups excluding tert-OH is 1. The van der Waals surface area contributed by atoms with Gasteiger partial charge in [0.25, 0.3) is 0 Å². The van der Waals surface area contributed by atoms with Gasteiger partial charge in [0, 0.05) is 44.2 Å². The van der Waals surface area contributed by atoms with Gasteiger partial charge in [0.1, 0.15) is 0 Å². The fourth-order valence-electron chi connectivity index (χ4n) is 5.85. The third-order valence-electron chi connectivity index (χ3n) is 7.64. The second kappa shape index (κ2) is 12.8. The topological polar surface area (TPSA) is 50.2 Å². The SMILES string of the molecule is C.Cc1[c-]c(-c2ncc3c4c(cccc24)C=C3)cc(C)c1.O=C(C=C(O)C1CCCC1)C1CCCC1.[Ir]. The number of hydrogen-bond acceptors (Lipinski definition) is 3. The van der Waals surface area contributed by atoms with Crippen molar-refractivity contribution in [2.24, 2.45) is 11.8 Å². The van der Waals surface area contributed by atoms with Crippen LogP contribution in [0.4, 0.5) is 0 Å². The zero-order valence-corrected chi connectivity index (χ0v) is 23.5. The molecule has 3 aromatic rings. The summed E-state index contributed by atoms with van der Waals surface area (Å²) >= 11 is 0. The Morgan fingerprint density at radius 3 is 2.30 bits per heavy atom. The number of ketones is 1. The van der Waals surface area contributed by atoms with E-state index in [9.17, 15) is 9.90 Å². The molecule has 1 N–H and O–H groups in total. The third-order valence-corrected chi connectivity index (χ3v) is 7.64. The van der Waals surface area contributed by atoms with Crippen molar-refractivity contribution in [3.05, 3.63) is 76.7 Å². The Morgan fingerprint density at radius 2 is 1.62 bits per heavy atom. The molecular formula is C33H38IrNO2-. The zero-order chi connectivity index (χ0) is 24.4. The Hall–Kier alpha value is -2.55. The van der Waals surface area contributed by atoms with Gasteiger partial charge in [-0.1, -0.05) is 77.3 Å². The standard InChI is InChI=1S/C19H14N.C13H20O2.CH4.Ir/c1-12-8-13(2)10-16(9-12)19-17-5-3-4-14-6-7-15(11-20-19)18(14)17;14-12(10-5-1-2-6-10)9-13(15)11-7-3-4-8-11;;/h3-9,11H,1-2H3;9-11,14H,1-8H2;1H4;/q-1;;;. The number of hydrogen-bond donors (Lipinski definition) is 1. The van der Waals surface area contributed by atoms with Crippen LogP contribution in [-0.4, -0.2) is 15.9 Å². The fourth-order valence-corrected chi connectivity index (χ4v) is 5.85. The zero-order valence-electron chi connectivity index (χ0n) is 21.1. The molecule has 3 aliphatic carbocycles. The van der Waals surface area contributed by atoms with Crippen LogP contribution in [0.25, 0.3) is 34.2 Å². The van der Waals surface area contributed by atoms with Crippen molar-refractivity contribution < 1.29 is 30.0 Å². The van der Waals surface area contributed by atoms with Crippen molar-refractivity contribution in [2.45, 2.75) is 72.6 Å². The molecule has 3 nitrogen and oxygen atoms in total. The first kappa shape index (κ1) is 29.0. The number of carbonyl (C=O) groups is 1. The van der Waals surface area contributed by atoms with E-state index >= 15 is 0 Å². The summed E-state index contributed by atoms with van der Waals surface area (Å²) in [6.45, 7) is 4.20. The monoisotopic (exact) mass is 673 g/mol. The van der Waals surface area contributed by atoms with Crippen LogP contribution in [0.5, 0.6) is 0 Å². The van der Waals surface area contributed by atoms with Gasteiger partial charge in [0.2, 0.25) is 0 Å². The van der Waals surface area contributed by atoms with E-state index in [-0.39, 0.29) is 45.2 Å². The quantitative estimate of drug-likeness (QED) is 0.134. The maximum absolute atomic E-state index is 11.8. The van der Waals surface area contributed by atoms with Gasteiger partial charge in [-0.25, -0.2) is 0 Å². The average molecular weight is 673 g/mol. The molecule has 1 aromatic heterocycles. The largest absolute Gasteiger partial charge is 0.512 e. The van der Waals surface area contributed by atoms with Crippen LogP contribution in [0.2, 0.25) is 0 Å². The molecule has 0 saturated heterocycles. The minimum absolute atomic E-state index is 0. The van der Waals surface area contributed by atoms with Gasteiger partial charge in [-0.05, 0) is 53.3 Å². The molecule has 0 bridgehead atoms. The molecule has 1 heterocycles. The normalized spacial score (nSPS) is 16.8. The first-order valence-electron chi connectivity index (χ1n) is 13.0. The number of aryl methyl sites for hydroxylation is 2. The Balaban J connectivity index is 0.000000203.